The number of aromatic amines is 1. The molecule has 214 valence electrons. The third kappa shape index (κ3) is 4.90. The van der Waals surface area contributed by atoms with Crippen LogP contribution >= 0.6 is 23.2 Å². The molecule has 0 saturated heterocycles. The van der Waals surface area contributed by atoms with E-state index in [1.54, 1.807) is 24.5 Å². The molecule has 4 aliphatic rings. The van der Waals surface area contributed by atoms with Gasteiger partial charge in [-0.25, -0.2) is 4.79 Å². The Balaban J connectivity index is 1.08. The molecular weight excluding hydrogens is 577 g/mol. The number of benzene rings is 1. The van der Waals surface area contributed by atoms with Crippen molar-refractivity contribution in [3.05, 3.63) is 79.5 Å². The lowest BCUT2D eigenvalue weighted by Gasteiger charge is -2.51. The van der Waals surface area contributed by atoms with Crippen molar-refractivity contribution in [1.82, 2.24) is 15.1 Å². The first-order valence-electron chi connectivity index (χ1n) is 14.1. The van der Waals surface area contributed by atoms with Crippen LogP contribution in [0.3, 0.4) is 0 Å². The van der Waals surface area contributed by atoms with Crippen molar-refractivity contribution >= 4 is 40.1 Å². The Kier molecular flexibility index (Phi) is 6.65. The molecule has 0 radical (unpaired) electrons. The molecule has 0 amide bonds. The van der Waals surface area contributed by atoms with E-state index in [-0.39, 0.29) is 22.1 Å². The van der Waals surface area contributed by atoms with Gasteiger partial charge in [0, 0.05) is 57.4 Å². The van der Waals surface area contributed by atoms with Gasteiger partial charge in [-0.15, -0.1) is 0 Å². The topological polar surface area (TPSA) is 118 Å². The van der Waals surface area contributed by atoms with Crippen molar-refractivity contribution in [2.24, 2.45) is 5.41 Å². The number of fused-ring (bicyclic) bond motifs is 4. The third-order valence-electron chi connectivity index (χ3n) is 9.09. The van der Waals surface area contributed by atoms with Crippen LogP contribution in [0.4, 0.5) is 0 Å². The Bertz CT molecular complexity index is 1820. The van der Waals surface area contributed by atoms with Gasteiger partial charge in [-0.2, -0.15) is 0 Å². The van der Waals surface area contributed by atoms with Crippen molar-refractivity contribution in [2.75, 3.05) is 0 Å². The van der Waals surface area contributed by atoms with E-state index in [1.807, 2.05) is 6.07 Å². The lowest BCUT2D eigenvalue weighted by Crippen LogP contribution is -2.47. The number of rotatable bonds is 6. The molecule has 4 saturated carbocycles. The maximum atomic E-state index is 12.5. The molecule has 8 nitrogen and oxygen atoms in total. The lowest BCUT2D eigenvalue weighted by molar-refractivity contribution is -0.131. The second-order valence-electron chi connectivity index (χ2n) is 11.7. The molecule has 1 aromatic carbocycles. The van der Waals surface area contributed by atoms with E-state index in [0.717, 1.165) is 74.3 Å². The van der Waals surface area contributed by atoms with Crippen LogP contribution < -0.4 is 5.43 Å². The Morgan fingerprint density at radius 2 is 1.81 bits per heavy atom. The summed E-state index contributed by atoms with van der Waals surface area (Å²) in [4.78, 5) is 30.6. The second-order valence-corrected chi connectivity index (χ2v) is 12.6. The fraction of sp³-hybridized carbons (Fsp3) is 0.375. The highest BCUT2D eigenvalue weighted by molar-refractivity contribution is 6.38. The van der Waals surface area contributed by atoms with E-state index in [9.17, 15) is 14.7 Å². The van der Waals surface area contributed by atoms with Gasteiger partial charge in [-0.3, -0.25) is 9.78 Å². The number of hydrogen-bond acceptors (Lipinski definition) is 6. The van der Waals surface area contributed by atoms with Gasteiger partial charge in [0.15, 0.2) is 5.43 Å². The molecule has 0 spiro atoms. The monoisotopic (exact) mass is 603 g/mol. The molecule has 4 aromatic rings. The second kappa shape index (κ2) is 10.3. The number of halogens is 2. The summed E-state index contributed by atoms with van der Waals surface area (Å²) in [6.45, 7) is 0.382. The smallest absolute Gasteiger partial charge is 0.352 e. The predicted molar refractivity (Wildman–Crippen MR) is 158 cm³/mol. The van der Waals surface area contributed by atoms with Crippen molar-refractivity contribution in [3.63, 3.8) is 0 Å². The van der Waals surface area contributed by atoms with Gasteiger partial charge in [0.25, 0.3) is 0 Å². The van der Waals surface area contributed by atoms with Gasteiger partial charge in [0.1, 0.15) is 17.1 Å². The number of carbonyl (C=O) groups is 1. The average molecular weight is 604 g/mol. The van der Waals surface area contributed by atoms with Crippen LogP contribution in [0.5, 0.6) is 0 Å². The van der Waals surface area contributed by atoms with Gasteiger partial charge in [-0.05, 0) is 69.6 Å². The summed E-state index contributed by atoms with van der Waals surface area (Å²) in [6, 6.07) is 6.38. The van der Waals surface area contributed by atoms with E-state index < -0.39 is 5.97 Å². The molecule has 2 N–H and O–H groups in total. The molecule has 10 heteroatoms. The minimum Gasteiger partial charge on any atom is -0.477 e. The minimum atomic E-state index is -1.17. The Morgan fingerprint density at radius 3 is 2.48 bits per heavy atom. The van der Waals surface area contributed by atoms with Crippen LogP contribution in [0.25, 0.3) is 22.2 Å². The van der Waals surface area contributed by atoms with E-state index in [0.29, 0.717) is 44.7 Å². The lowest BCUT2D eigenvalue weighted by atomic mass is 9.59. The van der Waals surface area contributed by atoms with Crippen molar-refractivity contribution in [2.45, 2.75) is 69.5 Å². The molecule has 8 rings (SSSR count). The number of nitrogens with zero attached hydrogens (tertiary/aromatic N) is 2. The van der Waals surface area contributed by atoms with Crippen molar-refractivity contribution in [1.29, 1.82) is 0 Å². The first-order chi connectivity index (χ1) is 20.2. The highest BCUT2D eigenvalue weighted by Crippen LogP contribution is 2.54. The van der Waals surface area contributed by atoms with E-state index in [1.165, 1.54) is 0 Å². The van der Waals surface area contributed by atoms with Crippen LogP contribution in [0.1, 0.15) is 84.7 Å². The van der Waals surface area contributed by atoms with Crippen LogP contribution in [0.15, 0.2) is 46.0 Å². The highest BCUT2D eigenvalue weighted by atomic mass is 35.5. The van der Waals surface area contributed by atoms with Gasteiger partial charge in [0.05, 0.1) is 22.3 Å². The number of carboxylic acids is 1. The number of H-pyrrole nitrogens is 1. The summed E-state index contributed by atoms with van der Waals surface area (Å²) in [5.41, 5.74) is 2.63. The molecule has 42 heavy (non-hydrogen) atoms. The van der Waals surface area contributed by atoms with Gasteiger partial charge in [-0.1, -0.05) is 40.2 Å². The van der Waals surface area contributed by atoms with Gasteiger partial charge < -0.3 is 19.4 Å². The SMILES string of the molecule is O=C(O)c1cc(=O)c2cc(C#CC34CCC(OCc5c(-c6c(Cl)cncc6Cl)noc5C5CC5)(CC3)CC4)ccc2[nH]1. The Hall–Kier alpha value is -3.64. The summed E-state index contributed by atoms with van der Waals surface area (Å²) < 4.78 is 12.5. The van der Waals surface area contributed by atoms with Crippen LogP contribution in [-0.2, 0) is 11.3 Å². The highest BCUT2D eigenvalue weighted by Gasteiger charge is 2.49. The quantitative estimate of drug-likeness (QED) is 0.225. The van der Waals surface area contributed by atoms with E-state index in [4.69, 9.17) is 32.5 Å². The molecule has 2 bridgehead atoms. The largest absolute Gasteiger partial charge is 0.477 e. The van der Waals surface area contributed by atoms with Gasteiger partial charge in [0.2, 0.25) is 0 Å². The van der Waals surface area contributed by atoms with Crippen molar-refractivity contribution < 1.29 is 19.2 Å². The number of ether oxygens (including phenoxy) is 1. The zero-order valence-corrected chi connectivity index (χ0v) is 24.1. The predicted octanol–water partition coefficient (Wildman–Crippen LogP) is 7.12. The number of aromatic nitrogens is 3. The van der Waals surface area contributed by atoms with Gasteiger partial charge >= 0.3 is 5.97 Å². The molecular formula is C32H27Cl2N3O5. The number of hydrogen-bond donors (Lipinski definition) is 2. The number of nitrogens with one attached hydrogen (secondary N) is 1. The zero-order valence-electron chi connectivity index (χ0n) is 22.6. The number of pyridine rings is 2. The van der Waals surface area contributed by atoms with Crippen LogP contribution in [0.2, 0.25) is 10.0 Å². The minimum absolute atomic E-state index is 0.0841. The standard InChI is InChI=1S/C32H27Cl2N3O5/c33-22-15-35-16-23(34)27(22)28-21(29(42-37-28)19-2-3-19)17-41-32-10-7-31(8-11-32,9-12-32)6-5-18-1-4-24-20(13-18)26(38)14-25(36-24)30(39)40/h1,4,13-16,19H,2-3,7-12,17H2,(H,36,38)(H,39,40). The summed E-state index contributed by atoms with van der Waals surface area (Å²) >= 11 is 12.9. The fourth-order valence-corrected chi connectivity index (χ4v) is 6.93. The summed E-state index contributed by atoms with van der Waals surface area (Å²) in [7, 11) is 0. The van der Waals surface area contributed by atoms with Crippen LogP contribution in [0, 0.1) is 17.3 Å². The third-order valence-corrected chi connectivity index (χ3v) is 9.66. The molecule has 3 heterocycles. The average Bonchev–Trinajstić information content (AvgIpc) is 3.76. The first kappa shape index (κ1) is 27.2. The molecule has 0 unspecified atom stereocenters. The van der Waals surface area contributed by atoms with E-state index >= 15 is 0 Å². The molecule has 4 fully saturated rings. The normalized spacial score (nSPS) is 23.1. The maximum absolute atomic E-state index is 12.5. The molecule has 4 aliphatic carbocycles. The summed E-state index contributed by atoms with van der Waals surface area (Å²) in [5, 5.41) is 14.9. The van der Waals surface area contributed by atoms with Crippen molar-refractivity contribution in [3.8, 4) is 23.1 Å². The summed E-state index contributed by atoms with van der Waals surface area (Å²) in [6.07, 6.45) is 10.8. The Morgan fingerprint density at radius 1 is 1.10 bits per heavy atom. The van der Waals surface area contributed by atoms with E-state index in [2.05, 4.69) is 27.0 Å². The Labute approximate surface area is 251 Å². The summed E-state index contributed by atoms with van der Waals surface area (Å²) in [5.74, 6) is 6.90. The first-order valence-corrected chi connectivity index (χ1v) is 14.9. The van der Waals surface area contributed by atoms with Crippen LogP contribution in [-0.4, -0.2) is 31.8 Å². The molecule has 0 aliphatic heterocycles. The number of carboxylic acid groups (broad SMARTS) is 1. The molecule has 3 aromatic heterocycles. The zero-order chi connectivity index (χ0) is 29.1. The fourth-order valence-electron chi connectivity index (χ4n) is 6.39. The number of aromatic carboxylic acids is 1. The molecule has 0 atom stereocenters. The maximum Gasteiger partial charge on any atom is 0.352 e.